The predicted octanol–water partition coefficient (Wildman–Crippen LogP) is 1.39. The zero-order valence-corrected chi connectivity index (χ0v) is 10.6. The third-order valence-electron chi connectivity index (χ3n) is 2.68. The van der Waals surface area contributed by atoms with E-state index in [2.05, 4.69) is 10.5 Å². The van der Waals surface area contributed by atoms with Crippen molar-refractivity contribution < 1.29 is 18.8 Å². The van der Waals surface area contributed by atoms with Crippen LogP contribution in [0, 0.1) is 24.5 Å². The fourth-order valence-corrected chi connectivity index (χ4v) is 1.38. The molecule has 0 spiro atoms. The van der Waals surface area contributed by atoms with Gasteiger partial charge in [-0.3, -0.25) is 4.79 Å². The molecule has 1 rings (SSSR count). The van der Waals surface area contributed by atoms with Crippen LogP contribution in [-0.2, 0) is 0 Å². The molecule has 1 aromatic rings. The molecule has 1 unspecified atom stereocenters. The number of halogens is 2. The van der Waals surface area contributed by atoms with Crippen molar-refractivity contribution in [2.75, 3.05) is 6.54 Å². The van der Waals surface area contributed by atoms with Crippen LogP contribution in [0.25, 0.3) is 0 Å². The molecule has 0 fully saturated rings. The molecule has 5 nitrogen and oxygen atoms in total. The minimum atomic E-state index is -0.933. The minimum absolute atomic E-state index is 0.0453. The average Bonchev–Trinajstić information content (AvgIpc) is 2.38. The van der Waals surface area contributed by atoms with E-state index in [9.17, 15) is 13.6 Å². The zero-order chi connectivity index (χ0) is 14.6. The molecular formula is C12H15F2N3O2. The Morgan fingerprint density at radius 2 is 2.11 bits per heavy atom. The van der Waals surface area contributed by atoms with Gasteiger partial charge in [-0.1, -0.05) is 12.1 Å². The highest BCUT2D eigenvalue weighted by Crippen LogP contribution is 2.14. The molecule has 0 saturated carbocycles. The number of nitrogens with two attached hydrogens (primary N) is 1. The molecular weight excluding hydrogens is 256 g/mol. The lowest BCUT2D eigenvalue weighted by Gasteiger charge is -2.11. The number of carbonyl (C=O) groups excluding carboxylic acids is 1. The molecule has 0 aliphatic heterocycles. The van der Waals surface area contributed by atoms with Crippen molar-refractivity contribution >= 4 is 11.7 Å². The zero-order valence-electron chi connectivity index (χ0n) is 10.6. The second kappa shape index (κ2) is 6.12. The molecule has 7 heteroatoms. The molecule has 0 aromatic heterocycles. The Kier molecular flexibility index (Phi) is 4.80. The van der Waals surface area contributed by atoms with Gasteiger partial charge in [0.1, 0.15) is 17.5 Å². The van der Waals surface area contributed by atoms with E-state index in [1.54, 1.807) is 6.92 Å². The summed E-state index contributed by atoms with van der Waals surface area (Å²) < 4.78 is 26.5. The largest absolute Gasteiger partial charge is 0.409 e. The Morgan fingerprint density at radius 3 is 2.68 bits per heavy atom. The molecule has 1 amide bonds. The van der Waals surface area contributed by atoms with Gasteiger partial charge in [0, 0.05) is 18.5 Å². The highest BCUT2D eigenvalue weighted by Gasteiger charge is 2.16. The number of rotatable bonds is 4. The van der Waals surface area contributed by atoms with Crippen molar-refractivity contribution in [3.8, 4) is 0 Å². The molecule has 19 heavy (non-hydrogen) atoms. The van der Waals surface area contributed by atoms with Gasteiger partial charge in [0.05, 0.1) is 5.56 Å². The van der Waals surface area contributed by atoms with E-state index in [4.69, 9.17) is 10.9 Å². The maximum Gasteiger partial charge on any atom is 0.254 e. The number of aryl methyl sites for hydroxylation is 1. The molecule has 0 heterocycles. The summed E-state index contributed by atoms with van der Waals surface area (Å²) in [6.45, 7) is 3.14. The SMILES string of the molecule is Cc1cc(C(=O)NCC(C)/C(N)=N/O)c(F)cc1F. The molecule has 0 saturated heterocycles. The molecule has 4 N–H and O–H groups in total. The van der Waals surface area contributed by atoms with Crippen LogP contribution >= 0.6 is 0 Å². The van der Waals surface area contributed by atoms with Gasteiger partial charge in [-0.2, -0.15) is 0 Å². The molecule has 104 valence electrons. The maximum atomic E-state index is 13.4. The lowest BCUT2D eigenvalue weighted by atomic mass is 10.1. The van der Waals surface area contributed by atoms with Crippen LogP contribution in [-0.4, -0.2) is 23.5 Å². The monoisotopic (exact) mass is 271 g/mol. The number of amides is 1. The van der Waals surface area contributed by atoms with Gasteiger partial charge in [0.2, 0.25) is 0 Å². The standard InChI is InChI=1S/C12H15F2N3O2/c1-6-3-8(10(14)4-9(6)13)12(18)16-5-7(2)11(15)17-19/h3-4,7,19H,5H2,1-2H3,(H2,15,17)(H,16,18). The summed E-state index contributed by atoms with van der Waals surface area (Å²) in [7, 11) is 0. The summed E-state index contributed by atoms with van der Waals surface area (Å²) in [5, 5.41) is 13.7. The normalized spacial score (nSPS) is 13.2. The Labute approximate surface area is 109 Å². The first-order valence-electron chi connectivity index (χ1n) is 5.58. The van der Waals surface area contributed by atoms with Crippen LogP contribution < -0.4 is 11.1 Å². The number of hydrogen-bond donors (Lipinski definition) is 3. The van der Waals surface area contributed by atoms with Gasteiger partial charge >= 0.3 is 0 Å². The van der Waals surface area contributed by atoms with Crippen molar-refractivity contribution in [3.05, 3.63) is 34.9 Å². The van der Waals surface area contributed by atoms with Gasteiger partial charge in [-0.15, -0.1) is 0 Å². The van der Waals surface area contributed by atoms with Crippen LogP contribution in [0.15, 0.2) is 17.3 Å². The van der Waals surface area contributed by atoms with Crippen molar-refractivity contribution in [2.45, 2.75) is 13.8 Å². The number of hydrogen-bond acceptors (Lipinski definition) is 3. The second-order valence-electron chi connectivity index (χ2n) is 4.22. The van der Waals surface area contributed by atoms with E-state index in [1.165, 1.54) is 6.92 Å². The summed E-state index contributed by atoms with van der Waals surface area (Å²) in [6, 6.07) is 1.80. The predicted molar refractivity (Wildman–Crippen MR) is 66.0 cm³/mol. The van der Waals surface area contributed by atoms with E-state index in [0.717, 1.165) is 6.07 Å². The smallest absolute Gasteiger partial charge is 0.254 e. The Bertz CT molecular complexity index is 518. The molecule has 0 aliphatic carbocycles. The first-order chi connectivity index (χ1) is 8.86. The lowest BCUT2D eigenvalue weighted by molar-refractivity contribution is 0.0947. The molecule has 0 radical (unpaired) electrons. The number of carbonyl (C=O) groups is 1. The van der Waals surface area contributed by atoms with E-state index >= 15 is 0 Å². The van der Waals surface area contributed by atoms with E-state index in [1.807, 2.05) is 0 Å². The number of nitrogens with one attached hydrogen (secondary N) is 1. The first kappa shape index (κ1) is 14.9. The Morgan fingerprint density at radius 1 is 1.47 bits per heavy atom. The highest BCUT2D eigenvalue weighted by molar-refractivity contribution is 5.95. The molecule has 0 bridgehead atoms. The first-order valence-corrected chi connectivity index (χ1v) is 5.58. The number of amidine groups is 1. The van der Waals surface area contributed by atoms with Crippen LogP contribution in [0.4, 0.5) is 8.78 Å². The molecule has 1 atom stereocenters. The van der Waals surface area contributed by atoms with Crippen molar-refractivity contribution in [2.24, 2.45) is 16.8 Å². The lowest BCUT2D eigenvalue weighted by Crippen LogP contribution is -2.35. The number of oxime groups is 1. The summed E-state index contributed by atoms with van der Waals surface area (Å²) >= 11 is 0. The number of nitrogens with zero attached hydrogens (tertiary/aromatic N) is 1. The maximum absolute atomic E-state index is 13.4. The summed E-state index contributed by atoms with van der Waals surface area (Å²) in [6.07, 6.45) is 0. The third-order valence-corrected chi connectivity index (χ3v) is 2.68. The molecule has 0 aliphatic rings. The van der Waals surface area contributed by atoms with Gasteiger partial charge < -0.3 is 16.3 Å². The Hall–Kier alpha value is -2.18. The van der Waals surface area contributed by atoms with E-state index in [-0.39, 0.29) is 23.5 Å². The third kappa shape index (κ3) is 3.64. The number of benzene rings is 1. The average molecular weight is 271 g/mol. The van der Waals surface area contributed by atoms with Gasteiger partial charge in [-0.05, 0) is 18.6 Å². The summed E-state index contributed by atoms with van der Waals surface area (Å²) in [4.78, 5) is 11.7. The van der Waals surface area contributed by atoms with Crippen LogP contribution in [0.5, 0.6) is 0 Å². The quantitative estimate of drug-likeness (QED) is 0.334. The summed E-state index contributed by atoms with van der Waals surface area (Å²) in [5.41, 5.74) is 5.27. The molecule has 1 aromatic carbocycles. The van der Waals surface area contributed by atoms with Crippen LogP contribution in [0.2, 0.25) is 0 Å². The van der Waals surface area contributed by atoms with Crippen molar-refractivity contribution in [1.29, 1.82) is 0 Å². The van der Waals surface area contributed by atoms with E-state index in [0.29, 0.717) is 6.07 Å². The minimum Gasteiger partial charge on any atom is -0.409 e. The summed E-state index contributed by atoms with van der Waals surface area (Å²) in [5.74, 6) is -2.77. The topological polar surface area (TPSA) is 87.7 Å². The second-order valence-corrected chi connectivity index (χ2v) is 4.22. The Balaban J connectivity index is 2.77. The van der Waals surface area contributed by atoms with Crippen LogP contribution in [0.1, 0.15) is 22.8 Å². The van der Waals surface area contributed by atoms with Gasteiger partial charge in [-0.25, -0.2) is 8.78 Å². The van der Waals surface area contributed by atoms with Crippen LogP contribution in [0.3, 0.4) is 0 Å². The van der Waals surface area contributed by atoms with Gasteiger partial charge in [0.15, 0.2) is 0 Å². The fraction of sp³-hybridized carbons (Fsp3) is 0.333. The highest BCUT2D eigenvalue weighted by atomic mass is 19.1. The van der Waals surface area contributed by atoms with Crippen molar-refractivity contribution in [3.63, 3.8) is 0 Å². The van der Waals surface area contributed by atoms with Gasteiger partial charge in [0.25, 0.3) is 5.91 Å². The van der Waals surface area contributed by atoms with Crippen molar-refractivity contribution in [1.82, 2.24) is 5.32 Å². The van der Waals surface area contributed by atoms with E-state index < -0.39 is 23.5 Å². The fourth-order valence-electron chi connectivity index (χ4n) is 1.38.